The van der Waals surface area contributed by atoms with Crippen LogP contribution in [0.4, 0.5) is 0 Å². The van der Waals surface area contributed by atoms with Crippen molar-refractivity contribution in [2.24, 2.45) is 0 Å². The van der Waals surface area contributed by atoms with Gasteiger partial charge in [-0.2, -0.15) is 0 Å². The number of hydrogen-bond acceptors (Lipinski definition) is 3. The normalized spacial score (nSPS) is 17.7. The molecule has 1 aromatic carbocycles. The van der Waals surface area contributed by atoms with Crippen molar-refractivity contribution in [3.8, 4) is 5.75 Å². The lowest BCUT2D eigenvalue weighted by Crippen LogP contribution is -2.48. The van der Waals surface area contributed by atoms with Gasteiger partial charge < -0.3 is 10.1 Å². The third kappa shape index (κ3) is 3.03. The minimum absolute atomic E-state index is 0.115. The Morgan fingerprint density at radius 1 is 1.22 bits per heavy atom. The van der Waals surface area contributed by atoms with Gasteiger partial charge in [0.15, 0.2) is 0 Å². The van der Waals surface area contributed by atoms with E-state index in [1.807, 2.05) is 6.07 Å². The van der Waals surface area contributed by atoms with E-state index in [4.69, 9.17) is 4.74 Å². The fourth-order valence-corrected chi connectivity index (χ4v) is 2.72. The first kappa shape index (κ1) is 13.4. The van der Waals surface area contributed by atoms with Crippen LogP contribution in [0.15, 0.2) is 24.3 Å². The Labute approximate surface area is 110 Å². The van der Waals surface area contributed by atoms with Crippen molar-refractivity contribution >= 4 is 0 Å². The summed E-state index contributed by atoms with van der Waals surface area (Å²) < 4.78 is 5.49. The zero-order valence-corrected chi connectivity index (χ0v) is 11.7. The predicted molar refractivity (Wildman–Crippen MR) is 75.3 cm³/mol. The summed E-state index contributed by atoms with van der Waals surface area (Å²) in [5.41, 5.74) is 1.41. The first-order valence-corrected chi connectivity index (χ1v) is 6.70. The molecule has 0 amide bonds. The molecule has 1 heterocycles. The number of nitrogens with one attached hydrogen (secondary N) is 1. The molecular formula is C15H24N2O. The van der Waals surface area contributed by atoms with Crippen molar-refractivity contribution in [2.75, 3.05) is 39.8 Å². The second-order valence-corrected chi connectivity index (χ2v) is 5.61. The second-order valence-electron chi connectivity index (χ2n) is 5.61. The first-order valence-electron chi connectivity index (χ1n) is 6.70. The highest BCUT2D eigenvalue weighted by Gasteiger charge is 2.27. The topological polar surface area (TPSA) is 24.5 Å². The molecule has 1 aliphatic rings. The lowest BCUT2D eigenvalue weighted by atomic mass is 9.83. The van der Waals surface area contributed by atoms with E-state index in [-0.39, 0.29) is 5.41 Å². The van der Waals surface area contributed by atoms with Crippen LogP contribution in [-0.2, 0) is 5.41 Å². The van der Waals surface area contributed by atoms with Crippen LogP contribution >= 0.6 is 0 Å². The predicted octanol–water partition coefficient (Wildman–Crippen LogP) is 1.88. The number of hydrogen-bond donors (Lipinski definition) is 1. The van der Waals surface area contributed by atoms with E-state index in [9.17, 15) is 0 Å². The largest absolute Gasteiger partial charge is 0.496 e. The smallest absolute Gasteiger partial charge is 0.122 e. The van der Waals surface area contributed by atoms with Gasteiger partial charge in [-0.05, 0) is 6.07 Å². The van der Waals surface area contributed by atoms with Crippen LogP contribution in [-0.4, -0.2) is 44.7 Å². The Morgan fingerprint density at radius 2 is 1.89 bits per heavy atom. The molecule has 1 aliphatic heterocycles. The van der Waals surface area contributed by atoms with Crippen molar-refractivity contribution < 1.29 is 4.74 Å². The monoisotopic (exact) mass is 248 g/mol. The van der Waals surface area contributed by atoms with E-state index >= 15 is 0 Å². The van der Waals surface area contributed by atoms with Gasteiger partial charge in [-0.25, -0.2) is 0 Å². The Morgan fingerprint density at radius 3 is 2.56 bits per heavy atom. The van der Waals surface area contributed by atoms with Crippen LogP contribution in [0.5, 0.6) is 5.75 Å². The minimum atomic E-state index is 0.115. The number of rotatable bonds is 4. The maximum absolute atomic E-state index is 5.49. The second kappa shape index (κ2) is 5.72. The summed E-state index contributed by atoms with van der Waals surface area (Å²) in [6.45, 7) is 10.1. The molecule has 3 nitrogen and oxygen atoms in total. The molecule has 3 heteroatoms. The van der Waals surface area contributed by atoms with Gasteiger partial charge in [-0.15, -0.1) is 0 Å². The molecule has 1 N–H and O–H groups in total. The Hall–Kier alpha value is -1.06. The fourth-order valence-electron chi connectivity index (χ4n) is 2.72. The van der Waals surface area contributed by atoms with E-state index in [1.54, 1.807) is 7.11 Å². The first-order chi connectivity index (χ1) is 8.63. The molecule has 1 aromatic rings. The van der Waals surface area contributed by atoms with Gasteiger partial charge in [0.1, 0.15) is 5.75 Å². The standard InChI is InChI=1S/C15H24N2O/c1-15(2,12-17-10-8-16-9-11-17)13-6-4-5-7-14(13)18-3/h4-7,16H,8-12H2,1-3H3. The lowest BCUT2D eigenvalue weighted by molar-refractivity contribution is 0.198. The van der Waals surface area contributed by atoms with E-state index < -0.39 is 0 Å². The average molecular weight is 248 g/mol. The zero-order valence-electron chi connectivity index (χ0n) is 11.7. The van der Waals surface area contributed by atoms with E-state index in [0.29, 0.717) is 0 Å². The summed E-state index contributed by atoms with van der Waals surface area (Å²) >= 11 is 0. The van der Waals surface area contributed by atoms with Gasteiger partial charge >= 0.3 is 0 Å². The van der Waals surface area contributed by atoms with Crippen molar-refractivity contribution in [1.29, 1.82) is 0 Å². The highest BCUT2D eigenvalue weighted by Crippen LogP contribution is 2.32. The summed E-state index contributed by atoms with van der Waals surface area (Å²) in [5, 5.41) is 3.40. The van der Waals surface area contributed by atoms with E-state index in [1.165, 1.54) is 5.56 Å². The van der Waals surface area contributed by atoms with Crippen LogP contribution in [0, 0.1) is 0 Å². The van der Waals surface area contributed by atoms with Crippen molar-refractivity contribution in [2.45, 2.75) is 19.3 Å². The molecule has 0 atom stereocenters. The maximum Gasteiger partial charge on any atom is 0.122 e. The summed E-state index contributed by atoms with van der Waals surface area (Å²) in [4.78, 5) is 2.53. The highest BCUT2D eigenvalue weighted by molar-refractivity contribution is 5.39. The highest BCUT2D eigenvalue weighted by atomic mass is 16.5. The van der Waals surface area contributed by atoms with Crippen molar-refractivity contribution in [3.05, 3.63) is 29.8 Å². The van der Waals surface area contributed by atoms with Gasteiger partial charge in [-0.3, -0.25) is 4.90 Å². The molecule has 0 aliphatic carbocycles. The summed E-state index contributed by atoms with van der Waals surface area (Å²) in [5.74, 6) is 0.998. The van der Waals surface area contributed by atoms with Crippen LogP contribution in [0.25, 0.3) is 0 Å². The van der Waals surface area contributed by atoms with Gasteiger partial charge in [0, 0.05) is 43.7 Å². The van der Waals surface area contributed by atoms with Crippen LogP contribution in [0.1, 0.15) is 19.4 Å². The molecule has 0 saturated carbocycles. The average Bonchev–Trinajstić information content (AvgIpc) is 2.39. The Balaban J connectivity index is 2.13. The minimum Gasteiger partial charge on any atom is -0.496 e. The quantitative estimate of drug-likeness (QED) is 0.880. The third-order valence-corrected chi connectivity index (χ3v) is 3.66. The number of methoxy groups -OCH3 is 1. The Kier molecular flexibility index (Phi) is 4.25. The molecule has 0 bridgehead atoms. The van der Waals surface area contributed by atoms with Crippen molar-refractivity contribution in [3.63, 3.8) is 0 Å². The van der Waals surface area contributed by atoms with E-state index in [2.05, 4.69) is 42.3 Å². The molecular weight excluding hydrogens is 224 g/mol. The number of ether oxygens (including phenoxy) is 1. The molecule has 1 fully saturated rings. The van der Waals surface area contributed by atoms with Crippen LogP contribution in [0.2, 0.25) is 0 Å². The van der Waals surface area contributed by atoms with E-state index in [0.717, 1.165) is 38.5 Å². The maximum atomic E-state index is 5.49. The molecule has 0 unspecified atom stereocenters. The van der Waals surface area contributed by atoms with Gasteiger partial charge in [-0.1, -0.05) is 32.0 Å². The summed E-state index contributed by atoms with van der Waals surface area (Å²) in [6, 6.07) is 8.36. The third-order valence-electron chi connectivity index (χ3n) is 3.66. The Bertz CT molecular complexity index is 384. The van der Waals surface area contributed by atoms with Crippen molar-refractivity contribution in [1.82, 2.24) is 10.2 Å². The molecule has 2 rings (SSSR count). The zero-order chi connectivity index (χ0) is 13.0. The summed E-state index contributed by atoms with van der Waals surface area (Å²) in [6.07, 6.45) is 0. The molecule has 0 spiro atoms. The van der Waals surface area contributed by atoms with Gasteiger partial charge in [0.25, 0.3) is 0 Å². The number of para-hydroxylation sites is 1. The van der Waals surface area contributed by atoms with Crippen LogP contribution < -0.4 is 10.1 Å². The molecule has 0 radical (unpaired) electrons. The lowest BCUT2D eigenvalue weighted by Gasteiger charge is -2.36. The number of benzene rings is 1. The number of nitrogens with zero attached hydrogens (tertiary/aromatic N) is 1. The molecule has 18 heavy (non-hydrogen) atoms. The molecule has 100 valence electrons. The SMILES string of the molecule is COc1ccccc1C(C)(C)CN1CCNCC1. The molecule has 0 aromatic heterocycles. The van der Waals surface area contributed by atoms with Gasteiger partial charge in [0.05, 0.1) is 7.11 Å². The fraction of sp³-hybridized carbons (Fsp3) is 0.600. The van der Waals surface area contributed by atoms with Gasteiger partial charge in [0.2, 0.25) is 0 Å². The molecule has 1 saturated heterocycles. The number of piperazine rings is 1. The summed E-state index contributed by atoms with van der Waals surface area (Å²) in [7, 11) is 1.75. The van der Waals surface area contributed by atoms with Crippen LogP contribution in [0.3, 0.4) is 0 Å².